The van der Waals surface area contributed by atoms with Crippen molar-refractivity contribution in [2.24, 2.45) is 0 Å². The van der Waals surface area contributed by atoms with E-state index >= 15 is 0 Å². The predicted molar refractivity (Wildman–Crippen MR) is 86.9 cm³/mol. The van der Waals surface area contributed by atoms with Gasteiger partial charge >= 0.3 is 6.18 Å². The number of hydrogen-bond acceptors (Lipinski definition) is 6. The minimum atomic E-state index is -4.44. The molecule has 1 amide bonds. The molecule has 7 nitrogen and oxygen atoms in total. The second kappa shape index (κ2) is 7.89. The summed E-state index contributed by atoms with van der Waals surface area (Å²) in [6.07, 6.45) is -3.10. The molecular formula is C16H17F3N4O3. The van der Waals surface area contributed by atoms with Crippen molar-refractivity contribution in [1.82, 2.24) is 15.3 Å². The molecule has 0 radical (unpaired) electrons. The number of amides is 1. The average molecular weight is 370 g/mol. The lowest BCUT2D eigenvalue weighted by Gasteiger charge is -2.15. The van der Waals surface area contributed by atoms with Crippen LogP contribution in [0.3, 0.4) is 0 Å². The third-order valence-electron chi connectivity index (χ3n) is 3.28. The zero-order valence-electron chi connectivity index (χ0n) is 14.0. The molecule has 140 valence electrons. The van der Waals surface area contributed by atoms with Crippen LogP contribution in [0.1, 0.15) is 28.9 Å². The van der Waals surface area contributed by atoms with Gasteiger partial charge in [0.05, 0.1) is 13.2 Å². The Bertz CT molecular complexity index is 766. The lowest BCUT2D eigenvalue weighted by Crippen LogP contribution is -2.27. The highest BCUT2D eigenvalue weighted by Gasteiger charge is 2.28. The summed E-state index contributed by atoms with van der Waals surface area (Å²) in [5, 5.41) is 2.73. The summed E-state index contributed by atoms with van der Waals surface area (Å²) in [6, 6.07) is 5.20. The third-order valence-corrected chi connectivity index (χ3v) is 3.28. The topological polar surface area (TPSA) is 99.4 Å². The highest BCUT2D eigenvalue weighted by molar-refractivity contribution is 5.95. The molecule has 2 aromatic rings. The molecule has 2 rings (SSSR count). The summed E-state index contributed by atoms with van der Waals surface area (Å²) in [4.78, 5) is 20.0. The van der Waals surface area contributed by atoms with E-state index in [0.29, 0.717) is 5.56 Å². The van der Waals surface area contributed by atoms with E-state index in [1.54, 1.807) is 6.92 Å². The Morgan fingerprint density at radius 1 is 1.31 bits per heavy atom. The minimum absolute atomic E-state index is 0.134. The van der Waals surface area contributed by atoms with Gasteiger partial charge in [-0.15, -0.1) is 0 Å². The highest BCUT2D eigenvalue weighted by Crippen LogP contribution is 2.20. The number of halogens is 3. The van der Waals surface area contributed by atoms with Crippen LogP contribution in [0.25, 0.3) is 0 Å². The normalized spacial score (nSPS) is 12.3. The van der Waals surface area contributed by atoms with Crippen molar-refractivity contribution in [2.45, 2.75) is 19.1 Å². The number of nitrogens with zero attached hydrogens (tertiary/aromatic N) is 2. The van der Waals surface area contributed by atoms with E-state index in [2.05, 4.69) is 20.0 Å². The van der Waals surface area contributed by atoms with Crippen LogP contribution in [0.2, 0.25) is 0 Å². The van der Waals surface area contributed by atoms with Gasteiger partial charge in [-0.1, -0.05) is 6.07 Å². The van der Waals surface area contributed by atoms with Gasteiger partial charge in [-0.05, 0) is 18.6 Å². The Balaban J connectivity index is 2.02. The molecule has 26 heavy (non-hydrogen) atoms. The summed E-state index contributed by atoms with van der Waals surface area (Å²) in [5.41, 5.74) is 6.47. The molecule has 0 aliphatic heterocycles. The van der Waals surface area contributed by atoms with Gasteiger partial charge in [0.15, 0.2) is 6.61 Å². The third kappa shape index (κ3) is 5.50. The number of nitrogen functional groups attached to an aromatic ring is 1. The van der Waals surface area contributed by atoms with Crippen molar-refractivity contribution in [3.8, 4) is 11.8 Å². The summed E-state index contributed by atoms with van der Waals surface area (Å²) >= 11 is 0. The van der Waals surface area contributed by atoms with E-state index < -0.39 is 24.7 Å². The second-order valence-electron chi connectivity index (χ2n) is 5.35. The molecule has 0 fully saturated rings. The lowest BCUT2D eigenvalue weighted by atomic mass is 10.1. The number of ether oxygens (including phenoxy) is 2. The number of nitrogens with two attached hydrogens (primary N) is 1. The monoisotopic (exact) mass is 370 g/mol. The highest BCUT2D eigenvalue weighted by atomic mass is 19.4. The summed E-state index contributed by atoms with van der Waals surface area (Å²) < 4.78 is 45.8. The molecule has 10 heteroatoms. The van der Waals surface area contributed by atoms with Gasteiger partial charge in [-0.25, -0.2) is 4.98 Å². The first-order valence-electron chi connectivity index (χ1n) is 7.46. The van der Waals surface area contributed by atoms with Crippen molar-refractivity contribution in [3.05, 3.63) is 41.6 Å². The number of hydrogen-bond donors (Lipinski definition) is 2. The molecule has 3 N–H and O–H groups in total. The standard InChI is InChI=1S/C16H17F3N4O3/c1-9(10-3-4-13(21-7-10)26-8-16(17,18)19)22-15(24)11-5-12(20)23-14(6-11)25-2/h3-7,9H,8H2,1-2H3,(H2,20,23)(H,22,24). The number of nitrogens with one attached hydrogen (secondary N) is 1. The first kappa shape index (κ1) is 19.3. The van der Waals surface area contributed by atoms with Crippen molar-refractivity contribution in [3.63, 3.8) is 0 Å². The van der Waals surface area contributed by atoms with Crippen molar-refractivity contribution in [2.75, 3.05) is 19.5 Å². The van der Waals surface area contributed by atoms with E-state index in [-0.39, 0.29) is 23.1 Å². The molecule has 0 spiro atoms. The minimum Gasteiger partial charge on any atom is -0.481 e. The Labute approximate surface area is 147 Å². The number of aromatic nitrogens is 2. The molecule has 0 aromatic carbocycles. The molecule has 0 bridgehead atoms. The van der Waals surface area contributed by atoms with Gasteiger partial charge in [-0.2, -0.15) is 18.2 Å². The van der Waals surface area contributed by atoms with E-state index in [9.17, 15) is 18.0 Å². The summed E-state index contributed by atoms with van der Waals surface area (Å²) in [6.45, 7) is 0.282. The predicted octanol–water partition coefficient (Wildman–Crippen LogP) is 2.50. The zero-order valence-corrected chi connectivity index (χ0v) is 14.0. The van der Waals surface area contributed by atoms with Gasteiger partial charge in [0.25, 0.3) is 5.91 Å². The molecule has 0 saturated carbocycles. The van der Waals surface area contributed by atoms with Crippen LogP contribution in [0.15, 0.2) is 30.5 Å². The maximum absolute atomic E-state index is 12.3. The first-order valence-corrected chi connectivity index (χ1v) is 7.46. The number of pyridine rings is 2. The number of methoxy groups -OCH3 is 1. The number of carbonyl (C=O) groups is 1. The lowest BCUT2D eigenvalue weighted by molar-refractivity contribution is -0.154. The van der Waals surface area contributed by atoms with Crippen LogP contribution in [-0.4, -0.2) is 35.8 Å². The van der Waals surface area contributed by atoms with Gasteiger partial charge in [0.2, 0.25) is 11.8 Å². The number of anilines is 1. The van der Waals surface area contributed by atoms with Crippen molar-refractivity contribution < 1.29 is 27.4 Å². The van der Waals surface area contributed by atoms with Crippen molar-refractivity contribution >= 4 is 11.7 Å². The van der Waals surface area contributed by atoms with Gasteiger partial charge in [0, 0.05) is 23.9 Å². The second-order valence-corrected chi connectivity index (χ2v) is 5.35. The Hall–Kier alpha value is -3.04. The maximum atomic E-state index is 12.3. The molecular weight excluding hydrogens is 353 g/mol. The fraction of sp³-hybridized carbons (Fsp3) is 0.312. The quantitative estimate of drug-likeness (QED) is 0.811. The molecule has 2 aromatic heterocycles. The SMILES string of the molecule is COc1cc(C(=O)NC(C)c2ccc(OCC(F)(F)F)nc2)cc(N)n1. The number of alkyl halides is 3. The molecule has 1 unspecified atom stereocenters. The van der Waals surface area contributed by atoms with Gasteiger partial charge in [0.1, 0.15) is 5.82 Å². The molecule has 0 saturated heterocycles. The van der Waals surface area contributed by atoms with E-state index in [4.69, 9.17) is 10.5 Å². The first-order chi connectivity index (χ1) is 12.2. The number of rotatable bonds is 6. The van der Waals surface area contributed by atoms with Crippen LogP contribution in [0.5, 0.6) is 11.8 Å². The van der Waals surface area contributed by atoms with Crippen LogP contribution < -0.4 is 20.5 Å². The van der Waals surface area contributed by atoms with Crippen LogP contribution in [-0.2, 0) is 0 Å². The maximum Gasteiger partial charge on any atom is 0.422 e. The smallest absolute Gasteiger partial charge is 0.422 e. The zero-order chi connectivity index (χ0) is 19.3. The van der Waals surface area contributed by atoms with Crippen molar-refractivity contribution in [1.29, 1.82) is 0 Å². The summed E-state index contributed by atoms with van der Waals surface area (Å²) in [7, 11) is 1.40. The Morgan fingerprint density at radius 3 is 2.62 bits per heavy atom. The fourth-order valence-electron chi connectivity index (χ4n) is 2.01. The van der Waals surface area contributed by atoms with Gasteiger partial charge < -0.3 is 20.5 Å². The number of carbonyl (C=O) groups excluding carboxylic acids is 1. The van der Waals surface area contributed by atoms with Gasteiger partial charge in [-0.3, -0.25) is 4.79 Å². The molecule has 2 heterocycles. The average Bonchev–Trinajstić information content (AvgIpc) is 2.59. The Morgan fingerprint density at radius 2 is 2.04 bits per heavy atom. The fourth-order valence-corrected chi connectivity index (χ4v) is 2.01. The molecule has 1 atom stereocenters. The van der Waals surface area contributed by atoms with Crippen LogP contribution >= 0.6 is 0 Å². The van der Waals surface area contributed by atoms with E-state index in [1.807, 2.05) is 0 Å². The van der Waals surface area contributed by atoms with Crippen LogP contribution in [0, 0.1) is 0 Å². The Kier molecular flexibility index (Phi) is 5.86. The van der Waals surface area contributed by atoms with E-state index in [0.717, 1.165) is 0 Å². The van der Waals surface area contributed by atoms with Crippen LogP contribution in [0.4, 0.5) is 19.0 Å². The molecule has 0 aliphatic rings. The van der Waals surface area contributed by atoms with E-state index in [1.165, 1.54) is 37.6 Å². The molecule has 0 aliphatic carbocycles. The summed E-state index contributed by atoms with van der Waals surface area (Å²) in [5.74, 6) is -0.232. The largest absolute Gasteiger partial charge is 0.481 e.